The Bertz CT molecular complexity index is 988. The van der Waals surface area contributed by atoms with Crippen molar-refractivity contribution in [1.82, 2.24) is 5.32 Å². The second kappa shape index (κ2) is 9.06. The predicted octanol–water partition coefficient (Wildman–Crippen LogP) is 5.36. The Morgan fingerprint density at radius 2 is 1.69 bits per heavy atom. The Kier molecular flexibility index (Phi) is 6.97. The summed E-state index contributed by atoms with van der Waals surface area (Å²) in [6, 6.07) is 4.69. The van der Waals surface area contributed by atoms with E-state index in [-0.39, 0.29) is 18.1 Å². The molecular formula is C19H18ClF7N4S. The van der Waals surface area contributed by atoms with Crippen LogP contribution in [-0.2, 0) is 0 Å². The summed E-state index contributed by atoms with van der Waals surface area (Å²) in [5, 5.41) is 8.28. The fourth-order valence-electron chi connectivity index (χ4n) is 3.55. The molecule has 1 fully saturated rings. The van der Waals surface area contributed by atoms with Crippen molar-refractivity contribution in [3.63, 3.8) is 0 Å². The van der Waals surface area contributed by atoms with Crippen LogP contribution in [-0.4, -0.2) is 44.0 Å². The predicted molar refractivity (Wildman–Crippen MR) is 111 cm³/mol. The topological polar surface area (TPSA) is 30.9 Å². The van der Waals surface area contributed by atoms with E-state index < -0.39 is 41.9 Å². The van der Waals surface area contributed by atoms with Crippen molar-refractivity contribution in [3.8, 4) is 0 Å². The number of benzene rings is 1. The number of halogens is 8. The van der Waals surface area contributed by atoms with Crippen LogP contribution in [0.4, 0.5) is 41.4 Å². The Labute approximate surface area is 189 Å². The average molecular weight is 503 g/mol. The molecule has 4 nitrogen and oxygen atoms in total. The Morgan fingerprint density at radius 3 is 2.31 bits per heavy atom. The number of hydrogen-bond acceptors (Lipinski definition) is 5. The third-order valence-corrected chi connectivity index (χ3v) is 6.40. The lowest BCUT2D eigenvalue weighted by atomic mass is 10.0. The van der Waals surface area contributed by atoms with Crippen molar-refractivity contribution >= 4 is 40.1 Å². The SMILES string of the molecule is Cl.Fc1ccc(N2N=C(C(F)(F)C(F)(F)F)CC2c2ccc(N3CCNCC3)s2)c(F)c1. The van der Waals surface area contributed by atoms with Crippen molar-refractivity contribution in [3.05, 3.63) is 46.8 Å². The number of nitrogens with zero attached hydrogens (tertiary/aromatic N) is 3. The lowest BCUT2D eigenvalue weighted by Crippen LogP contribution is -2.43. The number of nitrogens with one attached hydrogen (secondary N) is 1. The van der Waals surface area contributed by atoms with Crippen LogP contribution in [0.5, 0.6) is 0 Å². The van der Waals surface area contributed by atoms with Gasteiger partial charge in [-0.3, -0.25) is 5.01 Å². The van der Waals surface area contributed by atoms with Crippen molar-refractivity contribution in [1.29, 1.82) is 0 Å². The van der Waals surface area contributed by atoms with Gasteiger partial charge in [-0.2, -0.15) is 27.1 Å². The quantitative estimate of drug-likeness (QED) is 0.571. The molecule has 32 heavy (non-hydrogen) atoms. The molecule has 3 heterocycles. The third kappa shape index (κ3) is 4.53. The smallest absolute Gasteiger partial charge is 0.361 e. The molecule has 0 spiro atoms. The summed E-state index contributed by atoms with van der Waals surface area (Å²) in [6.45, 7) is 2.95. The van der Waals surface area contributed by atoms with Crippen LogP contribution in [0.3, 0.4) is 0 Å². The van der Waals surface area contributed by atoms with Gasteiger partial charge in [0.2, 0.25) is 0 Å². The van der Waals surface area contributed by atoms with E-state index >= 15 is 0 Å². The van der Waals surface area contributed by atoms with Gasteiger partial charge in [-0.1, -0.05) is 0 Å². The molecule has 1 aromatic heterocycles. The molecule has 4 rings (SSSR count). The van der Waals surface area contributed by atoms with Crippen LogP contribution in [0.2, 0.25) is 0 Å². The summed E-state index contributed by atoms with van der Waals surface area (Å²) in [5.41, 5.74) is -1.79. The maximum atomic E-state index is 14.4. The molecule has 176 valence electrons. The maximum Gasteiger partial charge on any atom is 0.459 e. The largest absolute Gasteiger partial charge is 0.459 e. The van der Waals surface area contributed by atoms with E-state index in [2.05, 4.69) is 15.3 Å². The molecule has 2 aromatic rings. The van der Waals surface area contributed by atoms with Gasteiger partial charge in [-0.15, -0.1) is 23.7 Å². The van der Waals surface area contributed by atoms with E-state index in [1.807, 2.05) is 0 Å². The summed E-state index contributed by atoms with van der Waals surface area (Å²) >= 11 is 1.22. The van der Waals surface area contributed by atoms with Gasteiger partial charge in [0, 0.05) is 43.5 Å². The molecule has 13 heteroatoms. The van der Waals surface area contributed by atoms with Crippen LogP contribution in [0, 0.1) is 11.6 Å². The maximum absolute atomic E-state index is 14.4. The van der Waals surface area contributed by atoms with Gasteiger partial charge in [-0.25, -0.2) is 8.78 Å². The van der Waals surface area contributed by atoms with Gasteiger partial charge in [0.25, 0.3) is 0 Å². The molecule has 1 unspecified atom stereocenters. The van der Waals surface area contributed by atoms with Crippen LogP contribution in [0.1, 0.15) is 17.3 Å². The zero-order valence-corrected chi connectivity index (χ0v) is 17.9. The van der Waals surface area contributed by atoms with Gasteiger partial charge in [-0.05, 0) is 24.3 Å². The molecule has 1 N–H and O–H groups in total. The minimum absolute atomic E-state index is 0. The molecule has 2 aliphatic rings. The molecule has 0 saturated carbocycles. The van der Waals surface area contributed by atoms with Crippen molar-refractivity contribution in [2.24, 2.45) is 5.10 Å². The summed E-state index contributed by atoms with van der Waals surface area (Å²) in [6.07, 6.45) is -6.58. The number of thiophene rings is 1. The standard InChI is InChI=1S/C19H17F7N4S.ClH/c20-11-1-2-13(12(21)9-11)30-14(10-16(28-30)18(22,23)19(24,25)26)15-3-4-17(31-15)29-7-5-27-6-8-29;/h1-4,9,14,27H,5-8,10H2;1H. The molecule has 0 bridgehead atoms. The number of piperazine rings is 1. The number of rotatable bonds is 4. The highest BCUT2D eigenvalue weighted by atomic mass is 35.5. The van der Waals surface area contributed by atoms with E-state index in [0.29, 0.717) is 10.9 Å². The second-order valence-corrected chi connectivity index (χ2v) is 8.29. The van der Waals surface area contributed by atoms with Gasteiger partial charge >= 0.3 is 12.1 Å². The van der Waals surface area contributed by atoms with Crippen LogP contribution < -0.4 is 15.2 Å². The molecule has 1 atom stereocenters. The monoisotopic (exact) mass is 502 g/mol. The molecule has 1 saturated heterocycles. The summed E-state index contributed by atoms with van der Waals surface area (Å²) in [4.78, 5) is 2.52. The van der Waals surface area contributed by atoms with Crippen molar-refractivity contribution in [2.45, 2.75) is 24.6 Å². The summed E-state index contributed by atoms with van der Waals surface area (Å²) in [7, 11) is 0. The first-order valence-corrected chi connectivity index (χ1v) is 10.2. The van der Waals surface area contributed by atoms with E-state index in [1.54, 1.807) is 12.1 Å². The van der Waals surface area contributed by atoms with Crippen LogP contribution >= 0.6 is 23.7 Å². The van der Waals surface area contributed by atoms with Gasteiger partial charge in [0.05, 0.1) is 16.7 Å². The molecule has 0 amide bonds. The summed E-state index contributed by atoms with van der Waals surface area (Å²) < 4.78 is 94.6. The molecule has 1 aromatic carbocycles. The first-order valence-electron chi connectivity index (χ1n) is 9.40. The van der Waals surface area contributed by atoms with Gasteiger partial charge in [0.1, 0.15) is 11.5 Å². The van der Waals surface area contributed by atoms with Crippen molar-refractivity contribution in [2.75, 3.05) is 36.1 Å². The summed E-state index contributed by atoms with van der Waals surface area (Å²) in [5.74, 6) is -7.18. The minimum atomic E-state index is -5.84. The lowest BCUT2D eigenvalue weighted by Gasteiger charge is -2.28. The molecular weight excluding hydrogens is 485 g/mol. The number of hydrogen-bond donors (Lipinski definition) is 1. The third-order valence-electron chi connectivity index (χ3n) is 5.16. The zero-order valence-electron chi connectivity index (χ0n) is 16.3. The first kappa shape index (κ1) is 24.6. The Balaban J connectivity index is 0.00000289. The molecule has 0 radical (unpaired) electrons. The Hall–Kier alpha value is -2.05. The average Bonchev–Trinajstić information content (AvgIpc) is 3.35. The highest BCUT2D eigenvalue weighted by Crippen LogP contribution is 2.46. The van der Waals surface area contributed by atoms with Crippen molar-refractivity contribution < 1.29 is 30.7 Å². The molecule has 2 aliphatic heterocycles. The van der Waals surface area contributed by atoms with E-state index in [0.717, 1.165) is 48.3 Å². The van der Waals surface area contributed by atoms with Crippen LogP contribution in [0.25, 0.3) is 0 Å². The lowest BCUT2D eigenvalue weighted by molar-refractivity contribution is -0.249. The number of alkyl halides is 5. The fraction of sp³-hybridized carbons (Fsp3) is 0.421. The van der Waals surface area contributed by atoms with E-state index in [9.17, 15) is 30.7 Å². The molecule has 0 aliphatic carbocycles. The van der Waals surface area contributed by atoms with E-state index in [1.165, 1.54) is 11.3 Å². The highest BCUT2D eigenvalue weighted by Gasteiger charge is 2.63. The first-order chi connectivity index (χ1) is 14.6. The van der Waals surface area contributed by atoms with Gasteiger partial charge in [0.15, 0.2) is 5.82 Å². The number of hydrazone groups is 1. The normalized spacial score (nSPS) is 19.7. The zero-order chi connectivity index (χ0) is 22.4. The van der Waals surface area contributed by atoms with Gasteiger partial charge < -0.3 is 10.2 Å². The number of anilines is 2. The second-order valence-electron chi connectivity index (χ2n) is 7.19. The Morgan fingerprint density at radius 1 is 1.00 bits per heavy atom. The van der Waals surface area contributed by atoms with Crippen LogP contribution in [0.15, 0.2) is 35.4 Å². The van der Waals surface area contributed by atoms with E-state index in [4.69, 9.17) is 0 Å². The minimum Gasteiger partial charge on any atom is -0.361 e. The fourth-order valence-corrected chi connectivity index (χ4v) is 4.70. The highest BCUT2D eigenvalue weighted by molar-refractivity contribution is 7.16.